The van der Waals surface area contributed by atoms with Crippen molar-refractivity contribution in [2.75, 3.05) is 6.54 Å². The average Bonchev–Trinajstić information content (AvgIpc) is 3.23. The summed E-state index contributed by atoms with van der Waals surface area (Å²) in [6.45, 7) is 7.48. The van der Waals surface area contributed by atoms with Gasteiger partial charge in [0.05, 0.1) is 11.3 Å². The number of imidazole rings is 1. The first-order valence-corrected chi connectivity index (χ1v) is 8.26. The highest BCUT2D eigenvalue weighted by Crippen LogP contribution is 2.08. The second-order valence-electron chi connectivity index (χ2n) is 6.30. The number of nitrogens with zero attached hydrogens (tertiary/aromatic N) is 5. The smallest absolute Gasteiger partial charge is 0.252 e. The van der Waals surface area contributed by atoms with E-state index in [4.69, 9.17) is 0 Å². The van der Waals surface area contributed by atoms with Gasteiger partial charge in [0.2, 0.25) is 0 Å². The third-order valence-corrected chi connectivity index (χ3v) is 3.98. The molecule has 7 nitrogen and oxygen atoms in total. The maximum Gasteiger partial charge on any atom is 0.252 e. The molecule has 3 heterocycles. The van der Waals surface area contributed by atoms with E-state index in [0.29, 0.717) is 12.1 Å². The van der Waals surface area contributed by atoms with Crippen molar-refractivity contribution in [1.29, 1.82) is 0 Å². The highest BCUT2D eigenvalue weighted by atomic mass is 16.1. The van der Waals surface area contributed by atoms with Crippen LogP contribution in [-0.2, 0) is 6.54 Å². The van der Waals surface area contributed by atoms with E-state index < -0.39 is 0 Å². The van der Waals surface area contributed by atoms with Gasteiger partial charge in [-0.3, -0.25) is 14.0 Å². The maximum absolute atomic E-state index is 12.3. The molecule has 0 spiro atoms. The molecule has 7 heteroatoms. The summed E-state index contributed by atoms with van der Waals surface area (Å²) < 4.78 is 3.77. The van der Waals surface area contributed by atoms with Crippen molar-refractivity contribution in [3.8, 4) is 5.82 Å². The molecule has 0 aliphatic rings. The molecule has 0 radical (unpaired) electrons. The largest absolute Gasteiger partial charge is 0.352 e. The van der Waals surface area contributed by atoms with Crippen LogP contribution in [0.25, 0.3) is 5.82 Å². The number of carbonyl (C=O) groups is 1. The van der Waals surface area contributed by atoms with Gasteiger partial charge in [-0.2, -0.15) is 5.10 Å². The second-order valence-corrected chi connectivity index (χ2v) is 6.30. The summed E-state index contributed by atoms with van der Waals surface area (Å²) in [6, 6.07) is 5.62. The second kappa shape index (κ2) is 7.29. The van der Waals surface area contributed by atoms with Crippen molar-refractivity contribution in [1.82, 2.24) is 29.6 Å². The predicted molar refractivity (Wildman–Crippen MR) is 94.6 cm³/mol. The van der Waals surface area contributed by atoms with Crippen molar-refractivity contribution >= 4 is 5.91 Å². The minimum atomic E-state index is -0.120. The Kier molecular flexibility index (Phi) is 4.92. The van der Waals surface area contributed by atoms with Gasteiger partial charge < -0.3 is 5.32 Å². The molecule has 0 fully saturated rings. The summed E-state index contributed by atoms with van der Waals surface area (Å²) in [7, 11) is 0. The van der Waals surface area contributed by atoms with Gasteiger partial charge in [0.25, 0.3) is 5.91 Å². The van der Waals surface area contributed by atoms with E-state index >= 15 is 0 Å². The summed E-state index contributed by atoms with van der Waals surface area (Å²) in [4.78, 5) is 20.6. The number of hydrogen-bond acceptors (Lipinski definition) is 4. The third kappa shape index (κ3) is 4.12. The van der Waals surface area contributed by atoms with Crippen LogP contribution in [0.3, 0.4) is 0 Å². The number of pyridine rings is 1. The van der Waals surface area contributed by atoms with Gasteiger partial charge in [-0.25, -0.2) is 9.97 Å². The van der Waals surface area contributed by atoms with Crippen LogP contribution in [0.5, 0.6) is 0 Å². The Balaban J connectivity index is 1.54. The Labute approximate surface area is 146 Å². The first-order valence-electron chi connectivity index (χ1n) is 8.26. The van der Waals surface area contributed by atoms with Crippen molar-refractivity contribution in [2.24, 2.45) is 5.92 Å². The summed E-state index contributed by atoms with van der Waals surface area (Å²) in [5.74, 6) is 0.886. The monoisotopic (exact) mass is 338 g/mol. The van der Waals surface area contributed by atoms with E-state index in [1.165, 1.54) is 0 Å². The Morgan fingerprint density at radius 2 is 2.16 bits per heavy atom. The summed E-state index contributed by atoms with van der Waals surface area (Å²) in [6.07, 6.45) is 6.74. The molecule has 25 heavy (non-hydrogen) atoms. The molecule has 1 N–H and O–H groups in total. The first kappa shape index (κ1) is 16.9. The normalized spacial score (nSPS) is 12.1. The lowest BCUT2D eigenvalue weighted by Gasteiger charge is -2.14. The van der Waals surface area contributed by atoms with Gasteiger partial charge in [-0.1, -0.05) is 6.92 Å². The lowest BCUT2D eigenvalue weighted by atomic mass is 10.1. The number of aromatic nitrogens is 5. The molecule has 3 rings (SSSR count). The third-order valence-electron chi connectivity index (χ3n) is 3.98. The molecule has 0 saturated carbocycles. The molecule has 0 aliphatic carbocycles. The van der Waals surface area contributed by atoms with Crippen LogP contribution < -0.4 is 5.32 Å². The van der Waals surface area contributed by atoms with Crippen molar-refractivity contribution in [3.63, 3.8) is 0 Å². The van der Waals surface area contributed by atoms with E-state index in [0.717, 1.165) is 23.8 Å². The molecule has 1 atom stereocenters. The Morgan fingerprint density at radius 1 is 1.32 bits per heavy atom. The van der Waals surface area contributed by atoms with Gasteiger partial charge in [-0.15, -0.1) is 0 Å². The van der Waals surface area contributed by atoms with Crippen molar-refractivity contribution in [2.45, 2.75) is 27.3 Å². The molecule has 1 unspecified atom stereocenters. The van der Waals surface area contributed by atoms with Crippen LogP contribution in [0.4, 0.5) is 0 Å². The number of carbonyl (C=O) groups excluding carboxylic acids is 1. The molecule has 0 bridgehead atoms. The minimum Gasteiger partial charge on any atom is -0.352 e. The summed E-state index contributed by atoms with van der Waals surface area (Å²) in [5, 5.41) is 7.42. The molecule has 1 amide bonds. The van der Waals surface area contributed by atoms with E-state index in [-0.39, 0.29) is 11.8 Å². The molecule has 0 saturated heterocycles. The molecular weight excluding hydrogens is 316 g/mol. The molecule has 0 aliphatic heterocycles. The lowest BCUT2D eigenvalue weighted by molar-refractivity contribution is 0.0946. The van der Waals surface area contributed by atoms with Gasteiger partial charge in [0.15, 0.2) is 0 Å². The molecule has 0 aromatic carbocycles. The molecule has 3 aromatic heterocycles. The summed E-state index contributed by atoms with van der Waals surface area (Å²) in [5.41, 5.74) is 2.69. The topological polar surface area (TPSA) is 77.6 Å². The Bertz CT molecular complexity index is 835. The van der Waals surface area contributed by atoms with Gasteiger partial charge in [0, 0.05) is 37.4 Å². The minimum absolute atomic E-state index is 0.120. The van der Waals surface area contributed by atoms with E-state index in [2.05, 4.69) is 33.4 Å². The fourth-order valence-electron chi connectivity index (χ4n) is 2.66. The number of amides is 1. The highest BCUT2D eigenvalue weighted by molar-refractivity contribution is 5.93. The standard InChI is InChI=1S/C18H22N6O/c1-13(11-24-15(3)8-14(2)22-24)9-21-18(25)16-4-5-17(20-10-16)23-7-6-19-12-23/h4-8,10,12-13H,9,11H2,1-3H3,(H,21,25). The van der Waals surface area contributed by atoms with Gasteiger partial charge in [0.1, 0.15) is 12.1 Å². The number of rotatable bonds is 6. The van der Waals surface area contributed by atoms with E-state index in [9.17, 15) is 4.79 Å². The van der Waals surface area contributed by atoms with E-state index in [1.807, 2.05) is 24.7 Å². The Morgan fingerprint density at radius 3 is 2.76 bits per heavy atom. The highest BCUT2D eigenvalue weighted by Gasteiger charge is 2.11. The van der Waals surface area contributed by atoms with Crippen LogP contribution in [0, 0.1) is 19.8 Å². The van der Waals surface area contributed by atoms with Crippen LogP contribution in [-0.4, -0.2) is 36.8 Å². The zero-order valence-corrected chi connectivity index (χ0v) is 14.7. The molecule has 3 aromatic rings. The van der Waals surface area contributed by atoms with E-state index in [1.54, 1.807) is 35.4 Å². The van der Waals surface area contributed by atoms with Crippen LogP contribution in [0.1, 0.15) is 28.7 Å². The SMILES string of the molecule is Cc1cc(C)n(CC(C)CNC(=O)c2ccc(-n3ccnc3)nc2)n1. The van der Waals surface area contributed by atoms with Gasteiger partial charge in [-0.05, 0) is 38.0 Å². The fraction of sp³-hybridized carbons (Fsp3) is 0.333. The number of aryl methyl sites for hydroxylation is 2. The quantitative estimate of drug-likeness (QED) is 0.747. The average molecular weight is 338 g/mol. The zero-order valence-electron chi connectivity index (χ0n) is 14.7. The lowest BCUT2D eigenvalue weighted by Crippen LogP contribution is -2.30. The van der Waals surface area contributed by atoms with Crippen LogP contribution >= 0.6 is 0 Å². The fourth-order valence-corrected chi connectivity index (χ4v) is 2.66. The number of nitrogens with one attached hydrogen (secondary N) is 1. The number of hydrogen-bond donors (Lipinski definition) is 1. The Hall–Kier alpha value is -2.96. The van der Waals surface area contributed by atoms with Gasteiger partial charge >= 0.3 is 0 Å². The molecular formula is C18H22N6O. The van der Waals surface area contributed by atoms with Crippen molar-refractivity contribution < 1.29 is 4.79 Å². The van der Waals surface area contributed by atoms with Crippen LogP contribution in [0.15, 0.2) is 43.1 Å². The summed E-state index contributed by atoms with van der Waals surface area (Å²) >= 11 is 0. The van der Waals surface area contributed by atoms with Crippen LogP contribution in [0.2, 0.25) is 0 Å². The molecule has 130 valence electrons. The predicted octanol–water partition coefficient (Wildman–Crippen LogP) is 2.15. The van der Waals surface area contributed by atoms with Crippen molar-refractivity contribution in [3.05, 3.63) is 60.1 Å². The maximum atomic E-state index is 12.3. The first-order chi connectivity index (χ1) is 12.0. The zero-order chi connectivity index (χ0) is 17.8.